The van der Waals surface area contributed by atoms with Gasteiger partial charge < -0.3 is 0 Å². The van der Waals surface area contributed by atoms with Crippen LogP contribution in [0.4, 0.5) is 0 Å². The number of halogens is 1. The summed E-state index contributed by atoms with van der Waals surface area (Å²) in [4.78, 5) is 18.1. The molecule has 154 valence electrons. The molecule has 2 aromatic heterocycles. The molecule has 7 heteroatoms. The molecule has 0 radical (unpaired) electrons. The molecule has 0 amide bonds. The maximum absolute atomic E-state index is 13.3. The number of hydrogen-bond acceptors (Lipinski definition) is 4. The summed E-state index contributed by atoms with van der Waals surface area (Å²) >= 11 is 7.60. The number of fused-ring (bicyclic) bond motifs is 1. The summed E-state index contributed by atoms with van der Waals surface area (Å²) in [6, 6.07) is 14.0. The second kappa shape index (κ2) is 8.66. The molecule has 0 bridgehead atoms. The summed E-state index contributed by atoms with van der Waals surface area (Å²) in [5, 5.41) is 5.79. The molecule has 0 aliphatic rings. The van der Waals surface area contributed by atoms with Crippen molar-refractivity contribution in [1.82, 2.24) is 19.3 Å². The SMILES string of the molecule is CCn1cc2nc(SCc3cc(C)ccc3C)n(Cc3ccc(Cl)cc3)c(=O)c2n1. The van der Waals surface area contributed by atoms with Crippen LogP contribution >= 0.6 is 23.4 Å². The van der Waals surface area contributed by atoms with Crippen molar-refractivity contribution < 1.29 is 0 Å². The van der Waals surface area contributed by atoms with Crippen molar-refractivity contribution in [3.8, 4) is 0 Å². The third kappa shape index (κ3) is 4.30. The Kier molecular flexibility index (Phi) is 5.97. The van der Waals surface area contributed by atoms with E-state index < -0.39 is 0 Å². The molecule has 2 heterocycles. The summed E-state index contributed by atoms with van der Waals surface area (Å²) < 4.78 is 3.47. The third-order valence-electron chi connectivity index (χ3n) is 5.08. The summed E-state index contributed by atoms with van der Waals surface area (Å²) in [5.41, 5.74) is 5.62. The molecule has 0 saturated carbocycles. The van der Waals surface area contributed by atoms with Crippen molar-refractivity contribution in [3.05, 3.63) is 86.3 Å². The molecule has 4 rings (SSSR count). The number of nitrogens with zero attached hydrogens (tertiary/aromatic N) is 4. The minimum absolute atomic E-state index is 0.120. The van der Waals surface area contributed by atoms with Crippen LogP contribution < -0.4 is 5.56 Å². The minimum atomic E-state index is -0.120. The first-order valence-corrected chi connectivity index (χ1v) is 11.2. The molecule has 0 aliphatic heterocycles. The standard InChI is InChI=1S/C23H23ClN4OS/c1-4-27-13-20-21(26-27)22(29)28(12-17-7-9-19(24)10-8-17)23(25-20)30-14-18-11-15(2)5-6-16(18)3/h5-11,13H,4,12,14H2,1-3H3. The predicted octanol–water partition coefficient (Wildman–Crippen LogP) is 5.22. The molecule has 4 aromatic rings. The van der Waals surface area contributed by atoms with E-state index in [4.69, 9.17) is 16.6 Å². The van der Waals surface area contributed by atoms with E-state index in [1.54, 1.807) is 21.0 Å². The van der Waals surface area contributed by atoms with E-state index in [9.17, 15) is 4.79 Å². The van der Waals surface area contributed by atoms with Gasteiger partial charge in [-0.2, -0.15) is 5.10 Å². The van der Waals surface area contributed by atoms with E-state index in [0.29, 0.717) is 34.3 Å². The number of rotatable bonds is 6. The van der Waals surface area contributed by atoms with Crippen molar-refractivity contribution >= 4 is 34.4 Å². The number of aryl methyl sites for hydroxylation is 3. The molecular weight excluding hydrogens is 416 g/mol. The van der Waals surface area contributed by atoms with Crippen molar-refractivity contribution in [1.29, 1.82) is 0 Å². The average molecular weight is 439 g/mol. The van der Waals surface area contributed by atoms with Gasteiger partial charge in [0.05, 0.1) is 12.7 Å². The van der Waals surface area contributed by atoms with Crippen molar-refractivity contribution in [2.45, 2.75) is 44.8 Å². The van der Waals surface area contributed by atoms with Gasteiger partial charge in [0.25, 0.3) is 5.56 Å². The highest BCUT2D eigenvalue weighted by atomic mass is 35.5. The van der Waals surface area contributed by atoms with E-state index >= 15 is 0 Å². The highest BCUT2D eigenvalue weighted by molar-refractivity contribution is 7.98. The molecule has 0 N–H and O–H groups in total. The zero-order chi connectivity index (χ0) is 21.3. The Morgan fingerprint density at radius 2 is 1.87 bits per heavy atom. The maximum atomic E-state index is 13.3. The van der Waals surface area contributed by atoms with Crippen LogP contribution in [0.2, 0.25) is 5.02 Å². The van der Waals surface area contributed by atoms with Gasteiger partial charge >= 0.3 is 0 Å². The first-order chi connectivity index (χ1) is 14.4. The number of aromatic nitrogens is 4. The van der Waals surface area contributed by atoms with Crippen LogP contribution in [-0.4, -0.2) is 19.3 Å². The van der Waals surface area contributed by atoms with Gasteiger partial charge in [-0.1, -0.05) is 59.3 Å². The Balaban J connectivity index is 1.76. The van der Waals surface area contributed by atoms with Crippen LogP contribution in [0.3, 0.4) is 0 Å². The Bertz CT molecular complexity index is 1260. The number of benzene rings is 2. The lowest BCUT2D eigenvalue weighted by atomic mass is 10.1. The second-order valence-electron chi connectivity index (χ2n) is 7.35. The number of hydrogen-bond donors (Lipinski definition) is 0. The van der Waals surface area contributed by atoms with Crippen LogP contribution in [-0.2, 0) is 18.8 Å². The fourth-order valence-electron chi connectivity index (χ4n) is 3.31. The fraction of sp³-hybridized carbons (Fsp3) is 0.261. The van der Waals surface area contributed by atoms with E-state index in [0.717, 1.165) is 11.3 Å². The summed E-state index contributed by atoms with van der Waals surface area (Å²) in [5.74, 6) is 0.744. The molecule has 5 nitrogen and oxygen atoms in total. The molecular formula is C23H23ClN4OS. The Labute approximate surface area is 184 Å². The Morgan fingerprint density at radius 1 is 1.10 bits per heavy atom. The minimum Gasteiger partial charge on any atom is -0.281 e. The summed E-state index contributed by atoms with van der Waals surface area (Å²) in [6.07, 6.45) is 1.84. The van der Waals surface area contributed by atoms with Gasteiger partial charge in [0, 0.05) is 17.3 Å². The van der Waals surface area contributed by atoms with Gasteiger partial charge in [0.1, 0.15) is 5.52 Å². The largest absolute Gasteiger partial charge is 0.282 e. The van der Waals surface area contributed by atoms with E-state index in [1.807, 2.05) is 37.4 Å². The number of thioether (sulfide) groups is 1. The van der Waals surface area contributed by atoms with Gasteiger partial charge in [-0.25, -0.2) is 4.98 Å². The predicted molar refractivity (Wildman–Crippen MR) is 123 cm³/mol. The topological polar surface area (TPSA) is 52.7 Å². The van der Waals surface area contributed by atoms with Crippen molar-refractivity contribution in [3.63, 3.8) is 0 Å². The van der Waals surface area contributed by atoms with Gasteiger partial charge in [-0.05, 0) is 49.6 Å². The molecule has 2 aromatic carbocycles. The van der Waals surface area contributed by atoms with Gasteiger partial charge in [0.2, 0.25) is 0 Å². The molecule has 0 saturated heterocycles. The lowest BCUT2D eigenvalue weighted by molar-refractivity contribution is 0.650. The molecule has 0 atom stereocenters. The van der Waals surface area contributed by atoms with Gasteiger partial charge in [-0.15, -0.1) is 0 Å². The maximum Gasteiger partial charge on any atom is 0.282 e. The summed E-state index contributed by atoms with van der Waals surface area (Å²) in [6.45, 7) is 7.31. The lowest BCUT2D eigenvalue weighted by Crippen LogP contribution is -2.24. The average Bonchev–Trinajstić information content (AvgIpc) is 3.16. The first-order valence-electron chi connectivity index (χ1n) is 9.86. The Morgan fingerprint density at radius 3 is 2.60 bits per heavy atom. The Hall–Kier alpha value is -2.57. The second-order valence-corrected chi connectivity index (χ2v) is 8.73. The van der Waals surface area contributed by atoms with E-state index in [1.165, 1.54) is 16.7 Å². The first kappa shape index (κ1) is 20.7. The van der Waals surface area contributed by atoms with Crippen LogP contribution in [0.1, 0.15) is 29.2 Å². The monoisotopic (exact) mass is 438 g/mol. The smallest absolute Gasteiger partial charge is 0.281 e. The zero-order valence-corrected chi connectivity index (χ0v) is 18.8. The zero-order valence-electron chi connectivity index (χ0n) is 17.2. The molecule has 0 unspecified atom stereocenters. The molecule has 0 aliphatic carbocycles. The highest BCUT2D eigenvalue weighted by Crippen LogP contribution is 2.25. The fourth-order valence-corrected chi connectivity index (χ4v) is 4.49. The van der Waals surface area contributed by atoms with Crippen LogP contribution in [0.25, 0.3) is 11.0 Å². The summed E-state index contributed by atoms with van der Waals surface area (Å²) in [7, 11) is 0. The highest BCUT2D eigenvalue weighted by Gasteiger charge is 2.16. The van der Waals surface area contributed by atoms with Crippen molar-refractivity contribution in [2.24, 2.45) is 0 Å². The third-order valence-corrected chi connectivity index (χ3v) is 6.35. The van der Waals surface area contributed by atoms with E-state index in [-0.39, 0.29) is 5.56 Å². The quantitative estimate of drug-likeness (QED) is 0.306. The molecule has 30 heavy (non-hydrogen) atoms. The normalized spacial score (nSPS) is 11.3. The van der Waals surface area contributed by atoms with Crippen molar-refractivity contribution in [2.75, 3.05) is 0 Å². The van der Waals surface area contributed by atoms with Gasteiger partial charge in [0.15, 0.2) is 10.7 Å². The molecule has 0 spiro atoms. The lowest BCUT2D eigenvalue weighted by Gasteiger charge is -2.13. The van der Waals surface area contributed by atoms with Gasteiger partial charge in [-0.3, -0.25) is 14.0 Å². The van der Waals surface area contributed by atoms with Crippen LogP contribution in [0, 0.1) is 13.8 Å². The van der Waals surface area contributed by atoms with Crippen LogP contribution in [0.15, 0.2) is 58.6 Å². The van der Waals surface area contributed by atoms with Crippen LogP contribution in [0.5, 0.6) is 0 Å². The van der Waals surface area contributed by atoms with E-state index in [2.05, 4.69) is 37.1 Å². The molecule has 0 fully saturated rings.